The average molecular weight is 383 g/mol. The summed E-state index contributed by atoms with van der Waals surface area (Å²) >= 11 is 3.37. The van der Waals surface area contributed by atoms with Crippen molar-refractivity contribution in [3.8, 4) is 5.69 Å². The molecule has 2 aromatic heterocycles. The largest absolute Gasteiger partial charge is 0.308 e. The highest BCUT2D eigenvalue weighted by atomic mass is 79.9. The molecule has 1 aliphatic heterocycles. The normalized spacial score (nSPS) is 17.3. The fourth-order valence-electron chi connectivity index (χ4n) is 3.18. The number of fused-ring (bicyclic) bond motifs is 1. The summed E-state index contributed by atoms with van der Waals surface area (Å²) in [5.41, 5.74) is 4.86. The highest BCUT2D eigenvalue weighted by molar-refractivity contribution is 9.10. The van der Waals surface area contributed by atoms with Gasteiger partial charge in [-0.2, -0.15) is 5.10 Å². The maximum Gasteiger partial charge on any atom is 0.106 e. The van der Waals surface area contributed by atoms with Gasteiger partial charge in [0.15, 0.2) is 0 Å². The van der Waals surface area contributed by atoms with Crippen LogP contribution in [0.15, 0.2) is 59.5 Å². The van der Waals surface area contributed by atoms with Gasteiger partial charge in [-0.1, -0.05) is 30.3 Å². The van der Waals surface area contributed by atoms with Crippen molar-refractivity contribution >= 4 is 15.9 Å². The molecule has 1 aliphatic rings. The van der Waals surface area contributed by atoms with Crippen molar-refractivity contribution in [2.45, 2.75) is 31.8 Å². The number of hydrogen-bond donors (Lipinski definition) is 1. The second kappa shape index (κ2) is 6.87. The van der Waals surface area contributed by atoms with E-state index in [1.807, 2.05) is 23.0 Å². The minimum atomic E-state index is 0.504. The number of nitrogens with zero attached hydrogens (tertiary/aromatic N) is 3. The van der Waals surface area contributed by atoms with Gasteiger partial charge in [0.1, 0.15) is 4.60 Å². The summed E-state index contributed by atoms with van der Waals surface area (Å²) in [6.45, 7) is 0.823. The van der Waals surface area contributed by atoms with Gasteiger partial charge in [-0.15, -0.1) is 0 Å². The molecule has 0 amide bonds. The Kier molecular flexibility index (Phi) is 4.45. The van der Waals surface area contributed by atoms with Crippen molar-refractivity contribution < 1.29 is 0 Å². The zero-order chi connectivity index (χ0) is 16.4. The fourth-order valence-corrected chi connectivity index (χ4v) is 3.42. The summed E-state index contributed by atoms with van der Waals surface area (Å²) < 4.78 is 2.77. The first-order valence-corrected chi connectivity index (χ1v) is 9.04. The molecule has 1 atom stereocenters. The van der Waals surface area contributed by atoms with Gasteiger partial charge in [0.2, 0.25) is 0 Å². The molecule has 0 saturated carbocycles. The van der Waals surface area contributed by atoms with E-state index in [0.29, 0.717) is 6.04 Å². The minimum Gasteiger partial charge on any atom is -0.308 e. The highest BCUT2D eigenvalue weighted by Crippen LogP contribution is 2.20. The minimum absolute atomic E-state index is 0.504. The van der Waals surface area contributed by atoms with Crippen molar-refractivity contribution in [3.63, 3.8) is 0 Å². The standard InChI is InChI=1S/C19H19BrN4/c20-19-9-8-17(11-22-19)24-13-15-6-7-16(21-12-18(15)23-24)10-14-4-2-1-3-5-14/h1-5,8-9,11,13,16,21H,6-7,10,12H2. The average Bonchev–Trinajstić information content (AvgIpc) is 2.93. The Hall–Kier alpha value is -1.98. The Bertz CT molecular complexity index is 786. The van der Waals surface area contributed by atoms with Crippen molar-refractivity contribution in [2.75, 3.05) is 0 Å². The number of aromatic nitrogens is 3. The van der Waals surface area contributed by atoms with E-state index in [4.69, 9.17) is 5.10 Å². The second-order valence-electron chi connectivity index (χ2n) is 6.19. The molecule has 0 radical (unpaired) electrons. The Balaban J connectivity index is 1.47. The van der Waals surface area contributed by atoms with E-state index in [1.54, 1.807) is 0 Å². The van der Waals surface area contributed by atoms with Crippen molar-refractivity contribution in [1.82, 2.24) is 20.1 Å². The predicted octanol–water partition coefficient (Wildman–Crippen LogP) is 3.68. The molecule has 5 heteroatoms. The van der Waals surface area contributed by atoms with Gasteiger partial charge < -0.3 is 5.32 Å². The predicted molar refractivity (Wildman–Crippen MR) is 98.2 cm³/mol. The van der Waals surface area contributed by atoms with Gasteiger partial charge >= 0.3 is 0 Å². The van der Waals surface area contributed by atoms with Crippen LogP contribution >= 0.6 is 15.9 Å². The lowest BCUT2D eigenvalue weighted by molar-refractivity contribution is 0.488. The number of hydrogen-bond acceptors (Lipinski definition) is 3. The second-order valence-corrected chi connectivity index (χ2v) is 7.00. The molecule has 1 unspecified atom stereocenters. The molecular weight excluding hydrogens is 364 g/mol. The first-order valence-electron chi connectivity index (χ1n) is 8.24. The molecule has 122 valence electrons. The van der Waals surface area contributed by atoms with Crippen molar-refractivity contribution in [3.05, 3.63) is 76.3 Å². The number of pyridine rings is 1. The third-order valence-corrected chi connectivity index (χ3v) is 4.97. The van der Waals surface area contributed by atoms with Gasteiger partial charge in [0.05, 0.1) is 17.6 Å². The molecule has 3 aromatic rings. The Morgan fingerprint density at radius 3 is 2.83 bits per heavy atom. The summed E-state index contributed by atoms with van der Waals surface area (Å²) in [5, 5.41) is 8.41. The van der Waals surface area contributed by atoms with Crippen LogP contribution in [-0.2, 0) is 19.4 Å². The quantitative estimate of drug-likeness (QED) is 0.702. The monoisotopic (exact) mass is 382 g/mol. The lowest BCUT2D eigenvalue weighted by Crippen LogP contribution is -2.29. The third kappa shape index (κ3) is 3.42. The van der Waals surface area contributed by atoms with E-state index in [2.05, 4.69) is 62.8 Å². The third-order valence-electron chi connectivity index (χ3n) is 4.50. The Morgan fingerprint density at radius 2 is 2.04 bits per heavy atom. The van der Waals surface area contributed by atoms with Crippen LogP contribution in [-0.4, -0.2) is 20.8 Å². The van der Waals surface area contributed by atoms with Gasteiger partial charge in [-0.25, -0.2) is 9.67 Å². The summed E-state index contributed by atoms with van der Waals surface area (Å²) in [6.07, 6.45) is 7.24. The van der Waals surface area contributed by atoms with Crippen LogP contribution in [0.3, 0.4) is 0 Å². The van der Waals surface area contributed by atoms with Crippen LogP contribution < -0.4 is 5.32 Å². The molecule has 4 rings (SSSR count). The molecule has 1 N–H and O–H groups in total. The van der Waals surface area contributed by atoms with Crippen LogP contribution in [0.1, 0.15) is 23.2 Å². The van der Waals surface area contributed by atoms with Crippen LogP contribution in [0.4, 0.5) is 0 Å². The number of halogens is 1. The molecule has 4 nitrogen and oxygen atoms in total. The van der Waals surface area contributed by atoms with E-state index in [0.717, 1.165) is 41.8 Å². The van der Waals surface area contributed by atoms with Crippen LogP contribution in [0.25, 0.3) is 5.69 Å². The number of aryl methyl sites for hydroxylation is 1. The summed E-state index contributed by atoms with van der Waals surface area (Å²) in [5.74, 6) is 0. The zero-order valence-electron chi connectivity index (χ0n) is 13.3. The summed E-state index contributed by atoms with van der Waals surface area (Å²) in [4.78, 5) is 4.28. The SMILES string of the molecule is Brc1ccc(-n2cc3c(n2)CNC(Cc2ccccc2)CC3)cn1. The molecule has 3 heterocycles. The van der Waals surface area contributed by atoms with Gasteiger partial charge in [-0.3, -0.25) is 0 Å². The number of benzene rings is 1. The molecule has 0 spiro atoms. The number of rotatable bonds is 3. The lowest BCUT2D eigenvalue weighted by Gasteiger charge is -2.15. The first-order chi connectivity index (χ1) is 11.8. The number of nitrogens with one attached hydrogen (secondary N) is 1. The van der Waals surface area contributed by atoms with Gasteiger partial charge in [0.25, 0.3) is 0 Å². The van der Waals surface area contributed by atoms with Gasteiger partial charge in [0, 0.05) is 18.8 Å². The topological polar surface area (TPSA) is 42.7 Å². The highest BCUT2D eigenvalue weighted by Gasteiger charge is 2.19. The first kappa shape index (κ1) is 15.5. The fraction of sp³-hybridized carbons (Fsp3) is 0.263. The lowest BCUT2D eigenvalue weighted by atomic mass is 10.0. The van der Waals surface area contributed by atoms with E-state index in [9.17, 15) is 0 Å². The van der Waals surface area contributed by atoms with Crippen LogP contribution in [0.2, 0.25) is 0 Å². The maximum atomic E-state index is 4.75. The molecule has 0 bridgehead atoms. The smallest absolute Gasteiger partial charge is 0.106 e. The summed E-state index contributed by atoms with van der Waals surface area (Å²) in [6, 6.07) is 15.2. The Labute approximate surface area is 150 Å². The van der Waals surface area contributed by atoms with E-state index in [-0.39, 0.29) is 0 Å². The molecule has 0 fully saturated rings. The van der Waals surface area contributed by atoms with Crippen molar-refractivity contribution in [1.29, 1.82) is 0 Å². The van der Waals surface area contributed by atoms with Crippen LogP contribution in [0.5, 0.6) is 0 Å². The van der Waals surface area contributed by atoms with E-state index in [1.165, 1.54) is 11.1 Å². The molecule has 1 aromatic carbocycles. The molecule has 0 saturated heterocycles. The Morgan fingerprint density at radius 1 is 1.17 bits per heavy atom. The molecule has 0 aliphatic carbocycles. The van der Waals surface area contributed by atoms with E-state index >= 15 is 0 Å². The van der Waals surface area contributed by atoms with E-state index < -0.39 is 0 Å². The molecule has 24 heavy (non-hydrogen) atoms. The maximum absolute atomic E-state index is 4.75. The zero-order valence-corrected chi connectivity index (χ0v) is 14.9. The van der Waals surface area contributed by atoms with Gasteiger partial charge in [-0.05, 0) is 58.5 Å². The summed E-state index contributed by atoms with van der Waals surface area (Å²) in [7, 11) is 0. The van der Waals surface area contributed by atoms with Crippen molar-refractivity contribution in [2.24, 2.45) is 0 Å². The molecular formula is C19H19BrN4. The van der Waals surface area contributed by atoms with Crippen LogP contribution in [0, 0.1) is 0 Å².